The molecule has 10 heteroatoms. The molecular formula is C30H30F5NO4. The molecule has 0 aliphatic rings. The fourth-order valence-electron chi connectivity index (χ4n) is 4.09. The van der Waals surface area contributed by atoms with Crippen molar-refractivity contribution in [3.05, 3.63) is 83.4 Å². The van der Waals surface area contributed by atoms with E-state index >= 15 is 0 Å². The number of anilines is 1. The summed E-state index contributed by atoms with van der Waals surface area (Å²) in [6, 6.07) is 12.4. The van der Waals surface area contributed by atoms with Gasteiger partial charge in [0.25, 0.3) is 0 Å². The highest BCUT2D eigenvalue weighted by Gasteiger charge is 2.31. The lowest BCUT2D eigenvalue weighted by atomic mass is 10.0. The Hall–Kier alpha value is -3.95. The van der Waals surface area contributed by atoms with Gasteiger partial charge in [0, 0.05) is 41.3 Å². The second kappa shape index (κ2) is 13.9. The van der Waals surface area contributed by atoms with Crippen molar-refractivity contribution in [2.75, 3.05) is 11.9 Å². The van der Waals surface area contributed by atoms with Crippen molar-refractivity contribution >= 4 is 17.4 Å². The number of carbonyl (C=O) groups is 2. The number of carbonyl (C=O) groups excluding carboxylic acids is 1. The molecule has 0 unspecified atom stereocenters. The fourth-order valence-corrected chi connectivity index (χ4v) is 4.09. The maximum absolute atomic E-state index is 14.8. The van der Waals surface area contributed by atoms with Gasteiger partial charge in [0.15, 0.2) is 5.78 Å². The molecule has 0 amide bonds. The van der Waals surface area contributed by atoms with E-state index in [0.29, 0.717) is 17.7 Å². The van der Waals surface area contributed by atoms with E-state index < -0.39 is 29.3 Å². The predicted octanol–water partition coefficient (Wildman–Crippen LogP) is 8.14. The third kappa shape index (κ3) is 8.79. The van der Waals surface area contributed by atoms with Gasteiger partial charge < -0.3 is 15.2 Å². The highest BCUT2D eigenvalue weighted by Crippen LogP contribution is 2.34. The van der Waals surface area contributed by atoms with Gasteiger partial charge in [0.1, 0.15) is 24.0 Å². The van der Waals surface area contributed by atoms with E-state index in [0.717, 1.165) is 37.1 Å². The number of hydrogen-bond donors (Lipinski definition) is 2. The predicted molar refractivity (Wildman–Crippen MR) is 141 cm³/mol. The van der Waals surface area contributed by atoms with E-state index in [1.54, 1.807) is 24.3 Å². The molecular weight excluding hydrogens is 533 g/mol. The van der Waals surface area contributed by atoms with Crippen molar-refractivity contribution in [3.63, 3.8) is 0 Å². The van der Waals surface area contributed by atoms with Crippen LogP contribution in [0.1, 0.15) is 61.4 Å². The molecule has 0 aliphatic carbocycles. The lowest BCUT2D eigenvalue weighted by molar-refractivity contribution is -0.138. The first kappa shape index (κ1) is 30.6. The minimum Gasteiger partial charge on any atom is -0.491 e. The molecule has 1 atom stereocenters. The summed E-state index contributed by atoms with van der Waals surface area (Å²) in [4.78, 5) is 22.9. The number of rotatable bonds is 14. The van der Waals surface area contributed by atoms with Crippen molar-refractivity contribution in [2.45, 2.75) is 57.7 Å². The lowest BCUT2D eigenvalue weighted by Gasteiger charge is -2.21. The Morgan fingerprint density at radius 1 is 0.900 bits per heavy atom. The van der Waals surface area contributed by atoms with Gasteiger partial charge in [-0.15, -0.1) is 0 Å². The van der Waals surface area contributed by atoms with Crippen molar-refractivity contribution in [3.8, 4) is 16.9 Å². The first-order valence-corrected chi connectivity index (χ1v) is 12.9. The Morgan fingerprint density at radius 2 is 1.55 bits per heavy atom. The standard InChI is InChI=1S/C30H30F5NO4/c1-2-3-5-22(36-21-11-8-19(9-12-21)28(37)6-4-7-29(38)39)18-40-23-13-15-25(27(32)17-23)24-14-10-20(16-26(24)31)30(33,34)35/h8-17,22,36H,2-7,18H2,1H3,(H,38,39)/t22-/m0/s1. The Kier molecular flexibility index (Phi) is 10.6. The third-order valence-electron chi connectivity index (χ3n) is 6.26. The Labute approximate surface area is 229 Å². The van der Waals surface area contributed by atoms with Crippen LogP contribution in [-0.2, 0) is 11.0 Å². The molecule has 0 aliphatic heterocycles. The van der Waals surface area contributed by atoms with Crippen LogP contribution < -0.4 is 10.1 Å². The number of ketones is 1. The van der Waals surface area contributed by atoms with Crippen LogP contribution in [0.3, 0.4) is 0 Å². The van der Waals surface area contributed by atoms with Crippen LogP contribution in [-0.4, -0.2) is 29.5 Å². The topological polar surface area (TPSA) is 75.6 Å². The van der Waals surface area contributed by atoms with Crippen molar-refractivity contribution in [2.24, 2.45) is 0 Å². The van der Waals surface area contributed by atoms with Gasteiger partial charge in [0.05, 0.1) is 11.6 Å². The van der Waals surface area contributed by atoms with Crippen LogP contribution in [0.15, 0.2) is 60.7 Å². The van der Waals surface area contributed by atoms with Gasteiger partial charge in [-0.25, -0.2) is 8.78 Å². The van der Waals surface area contributed by atoms with Crippen molar-refractivity contribution < 1.29 is 41.4 Å². The van der Waals surface area contributed by atoms with Crippen LogP contribution in [0, 0.1) is 11.6 Å². The Bertz CT molecular complexity index is 1310. The van der Waals surface area contributed by atoms with E-state index in [1.807, 2.05) is 6.92 Å². The number of aliphatic carboxylic acids is 1. The van der Waals surface area contributed by atoms with E-state index in [4.69, 9.17) is 9.84 Å². The zero-order chi connectivity index (χ0) is 29.3. The molecule has 214 valence electrons. The Morgan fingerprint density at radius 3 is 2.12 bits per heavy atom. The molecule has 0 radical (unpaired) electrons. The summed E-state index contributed by atoms with van der Waals surface area (Å²) in [6.45, 7) is 2.21. The Balaban J connectivity index is 1.64. The summed E-state index contributed by atoms with van der Waals surface area (Å²) in [6.07, 6.45) is -1.79. The summed E-state index contributed by atoms with van der Waals surface area (Å²) in [5.41, 5.74) is -0.402. The highest BCUT2D eigenvalue weighted by molar-refractivity contribution is 5.96. The number of unbranched alkanes of at least 4 members (excludes halogenated alkanes) is 1. The molecule has 3 rings (SSSR count). The third-order valence-corrected chi connectivity index (χ3v) is 6.26. The van der Waals surface area contributed by atoms with Crippen LogP contribution in [0.4, 0.5) is 27.6 Å². The average molecular weight is 564 g/mol. The number of benzene rings is 3. The second-order valence-electron chi connectivity index (χ2n) is 9.38. The maximum atomic E-state index is 14.8. The van der Waals surface area contributed by atoms with Gasteiger partial charge >= 0.3 is 12.1 Å². The number of nitrogens with one attached hydrogen (secondary N) is 1. The van der Waals surface area contributed by atoms with Crippen LogP contribution >= 0.6 is 0 Å². The van der Waals surface area contributed by atoms with E-state index in [-0.39, 0.29) is 54.6 Å². The van der Waals surface area contributed by atoms with Crippen molar-refractivity contribution in [1.29, 1.82) is 0 Å². The monoisotopic (exact) mass is 563 g/mol. The van der Waals surface area contributed by atoms with Crippen molar-refractivity contribution in [1.82, 2.24) is 0 Å². The molecule has 40 heavy (non-hydrogen) atoms. The second-order valence-corrected chi connectivity index (χ2v) is 9.38. The number of hydrogen-bond acceptors (Lipinski definition) is 4. The smallest absolute Gasteiger partial charge is 0.416 e. The van der Waals surface area contributed by atoms with Gasteiger partial charge in [0.2, 0.25) is 0 Å². The highest BCUT2D eigenvalue weighted by atomic mass is 19.4. The van der Waals surface area contributed by atoms with Gasteiger partial charge in [-0.1, -0.05) is 25.8 Å². The van der Waals surface area contributed by atoms with Crippen LogP contribution in [0.2, 0.25) is 0 Å². The number of Topliss-reactive ketones (excluding diaryl/α,β-unsaturated/α-hetero) is 1. The zero-order valence-electron chi connectivity index (χ0n) is 21.9. The van der Waals surface area contributed by atoms with Gasteiger partial charge in [-0.2, -0.15) is 13.2 Å². The molecule has 0 saturated carbocycles. The van der Waals surface area contributed by atoms with E-state index in [9.17, 15) is 31.5 Å². The molecule has 0 fully saturated rings. The molecule has 3 aromatic rings. The largest absolute Gasteiger partial charge is 0.491 e. The quantitative estimate of drug-likeness (QED) is 0.153. The molecule has 0 saturated heterocycles. The van der Waals surface area contributed by atoms with Gasteiger partial charge in [-0.3, -0.25) is 9.59 Å². The molecule has 0 spiro atoms. The number of alkyl halides is 3. The van der Waals surface area contributed by atoms with E-state index in [1.165, 1.54) is 12.1 Å². The number of carboxylic acid groups (broad SMARTS) is 1. The van der Waals surface area contributed by atoms with Crippen LogP contribution in [0.25, 0.3) is 11.1 Å². The molecule has 0 aromatic heterocycles. The normalized spacial score (nSPS) is 12.2. The SMILES string of the molecule is CCCC[C@@H](COc1ccc(-c2ccc(C(F)(F)F)cc2F)c(F)c1)Nc1ccc(C(=O)CCCC(=O)O)cc1. The first-order chi connectivity index (χ1) is 19.0. The number of carboxylic acids is 1. The first-order valence-electron chi connectivity index (χ1n) is 12.9. The summed E-state index contributed by atoms with van der Waals surface area (Å²) in [5, 5.41) is 12.1. The molecule has 0 bridgehead atoms. The lowest BCUT2D eigenvalue weighted by Crippen LogP contribution is -2.27. The number of ether oxygens (including phenoxy) is 1. The summed E-state index contributed by atoms with van der Waals surface area (Å²) in [5.74, 6) is -2.92. The number of halogens is 5. The summed E-state index contributed by atoms with van der Waals surface area (Å²) < 4.78 is 73.4. The fraction of sp³-hybridized carbons (Fsp3) is 0.333. The zero-order valence-corrected chi connectivity index (χ0v) is 21.9. The molecule has 2 N–H and O–H groups in total. The minimum atomic E-state index is -4.71. The average Bonchev–Trinajstić information content (AvgIpc) is 2.90. The maximum Gasteiger partial charge on any atom is 0.416 e. The minimum absolute atomic E-state index is 0.0664. The molecule has 5 nitrogen and oxygen atoms in total. The summed E-state index contributed by atoms with van der Waals surface area (Å²) in [7, 11) is 0. The van der Waals surface area contributed by atoms with Gasteiger partial charge in [-0.05, 0) is 61.4 Å². The molecule has 3 aromatic carbocycles. The van der Waals surface area contributed by atoms with Crippen LogP contribution in [0.5, 0.6) is 5.75 Å². The summed E-state index contributed by atoms with van der Waals surface area (Å²) >= 11 is 0. The van der Waals surface area contributed by atoms with E-state index in [2.05, 4.69) is 5.32 Å². The molecule has 0 heterocycles.